The third kappa shape index (κ3) is 0.891. The molecule has 1 aromatic rings. The summed E-state index contributed by atoms with van der Waals surface area (Å²) in [6.45, 7) is 2.06. The third-order valence-corrected chi connectivity index (χ3v) is 2.94. The normalized spacial score (nSPS) is 20.4. The second kappa shape index (κ2) is 2.32. The molecule has 12 heavy (non-hydrogen) atoms. The Morgan fingerprint density at radius 1 is 1.50 bits per heavy atom. The SMILES string of the molecule is CC1(n2c(=O)[nH][nH]c2=S)CCC1. The van der Waals surface area contributed by atoms with Gasteiger partial charge in [-0.25, -0.2) is 9.89 Å². The maximum Gasteiger partial charge on any atom is 0.342 e. The summed E-state index contributed by atoms with van der Waals surface area (Å²) in [5.74, 6) is 0. The minimum atomic E-state index is -0.123. The first kappa shape index (κ1) is 7.79. The molecule has 1 aliphatic carbocycles. The van der Waals surface area contributed by atoms with E-state index in [9.17, 15) is 4.79 Å². The predicted molar refractivity (Wildman–Crippen MR) is 47.7 cm³/mol. The zero-order valence-corrected chi connectivity index (χ0v) is 7.70. The van der Waals surface area contributed by atoms with Crippen molar-refractivity contribution in [2.75, 3.05) is 0 Å². The molecule has 2 N–H and O–H groups in total. The van der Waals surface area contributed by atoms with Gasteiger partial charge in [0.05, 0.1) is 0 Å². The molecule has 0 atom stereocenters. The molecule has 1 aromatic heterocycles. The van der Waals surface area contributed by atoms with E-state index >= 15 is 0 Å². The molecular formula is C7H11N3OS. The Morgan fingerprint density at radius 2 is 2.17 bits per heavy atom. The number of hydrogen-bond acceptors (Lipinski definition) is 2. The van der Waals surface area contributed by atoms with Gasteiger partial charge in [0.1, 0.15) is 0 Å². The van der Waals surface area contributed by atoms with E-state index < -0.39 is 0 Å². The first-order chi connectivity index (χ1) is 5.63. The maximum absolute atomic E-state index is 11.3. The highest BCUT2D eigenvalue weighted by molar-refractivity contribution is 7.71. The summed E-state index contributed by atoms with van der Waals surface area (Å²) in [5.41, 5.74) is -0.160. The van der Waals surface area contributed by atoms with E-state index in [0.717, 1.165) is 12.8 Å². The van der Waals surface area contributed by atoms with E-state index in [-0.39, 0.29) is 11.2 Å². The molecule has 0 spiro atoms. The molecule has 0 radical (unpaired) electrons. The van der Waals surface area contributed by atoms with Crippen LogP contribution in [0.15, 0.2) is 4.79 Å². The van der Waals surface area contributed by atoms with E-state index in [1.54, 1.807) is 4.57 Å². The van der Waals surface area contributed by atoms with Gasteiger partial charge in [0, 0.05) is 5.54 Å². The van der Waals surface area contributed by atoms with Crippen LogP contribution in [0.4, 0.5) is 0 Å². The molecule has 0 bridgehead atoms. The van der Waals surface area contributed by atoms with Crippen LogP contribution in [0.25, 0.3) is 0 Å². The summed E-state index contributed by atoms with van der Waals surface area (Å²) >= 11 is 5.00. The zero-order chi connectivity index (χ0) is 8.77. The summed E-state index contributed by atoms with van der Waals surface area (Å²) in [5, 5.41) is 5.14. The summed E-state index contributed by atoms with van der Waals surface area (Å²) in [6, 6.07) is 0. The number of nitrogens with zero attached hydrogens (tertiary/aromatic N) is 1. The molecule has 4 nitrogen and oxygen atoms in total. The fourth-order valence-electron chi connectivity index (χ4n) is 1.71. The second-order valence-corrected chi connectivity index (χ2v) is 3.93. The quantitative estimate of drug-likeness (QED) is 0.644. The van der Waals surface area contributed by atoms with Gasteiger partial charge in [-0.3, -0.25) is 9.67 Å². The van der Waals surface area contributed by atoms with Gasteiger partial charge in [-0.2, -0.15) is 0 Å². The Morgan fingerprint density at radius 3 is 2.50 bits per heavy atom. The van der Waals surface area contributed by atoms with Gasteiger partial charge in [0.2, 0.25) is 0 Å². The minimum Gasteiger partial charge on any atom is -0.272 e. The molecule has 1 heterocycles. The number of aromatic amines is 2. The van der Waals surface area contributed by atoms with Crippen LogP contribution in [0, 0.1) is 4.77 Å². The third-order valence-electron chi connectivity index (χ3n) is 2.65. The summed E-state index contributed by atoms with van der Waals surface area (Å²) in [4.78, 5) is 11.3. The van der Waals surface area contributed by atoms with Crippen LogP contribution in [-0.2, 0) is 5.54 Å². The topological polar surface area (TPSA) is 53.6 Å². The van der Waals surface area contributed by atoms with Crippen LogP contribution in [-0.4, -0.2) is 14.8 Å². The second-order valence-electron chi connectivity index (χ2n) is 3.55. The van der Waals surface area contributed by atoms with Gasteiger partial charge in [0.25, 0.3) is 0 Å². The molecule has 0 aliphatic heterocycles. The first-order valence-electron chi connectivity index (χ1n) is 4.04. The molecule has 0 amide bonds. The van der Waals surface area contributed by atoms with Crippen molar-refractivity contribution in [1.82, 2.24) is 14.8 Å². The lowest BCUT2D eigenvalue weighted by Gasteiger charge is -2.38. The number of rotatable bonds is 1. The fourth-order valence-corrected chi connectivity index (χ4v) is 2.07. The summed E-state index contributed by atoms with van der Waals surface area (Å²) < 4.78 is 2.15. The van der Waals surface area contributed by atoms with Gasteiger partial charge in [-0.05, 0) is 38.4 Å². The average molecular weight is 185 g/mol. The van der Waals surface area contributed by atoms with Crippen molar-refractivity contribution in [3.8, 4) is 0 Å². The van der Waals surface area contributed by atoms with Crippen molar-refractivity contribution in [1.29, 1.82) is 0 Å². The maximum atomic E-state index is 11.3. The monoisotopic (exact) mass is 185 g/mol. The lowest BCUT2D eigenvalue weighted by molar-refractivity contribution is 0.161. The van der Waals surface area contributed by atoms with Gasteiger partial charge >= 0.3 is 5.69 Å². The first-order valence-corrected chi connectivity index (χ1v) is 4.44. The summed E-state index contributed by atoms with van der Waals surface area (Å²) in [7, 11) is 0. The molecular weight excluding hydrogens is 174 g/mol. The van der Waals surface area contributed by atoms with E-state index in [1.807, 2.05) is 0 Å². The number of aromatic nitrogens is 3. The molecule has 1 saturated carbocycles. The Labute approximate surface area is 74.6 Å². The number of hydrogen-bond donors (Lipinski definition) is 2. The van der Waals surface area contributed by atoms with E-state index in [2.05, 4.69) is 17.1 Å². The number of nitrogens with one attached hydrogen (secondary N) is 2. The molecule has 1 aliphatic rings. The summed E-state index contributed by atoms with van der Waals surface area (Å²) in [6.07, 6.45) is 3.27. The highest BCUT2D eigenvalue weighted by atomic mass is 32.1. The Kier molecular flexibility index (Phi) is 1.51. The van der Waals surface area contributed by atoms with Crippen molar-refractivity contribution in [2.24, 2.45) is 0 Å². The van der Waals surface area contributed by atoms with E-state index in [1.165, 1.54) is 6.42 Å². The van der Waals surface area contributed by atoms with Gasteiger partial charge < -0.3 is 0 Å². The molecule has 0 aromatic carbocycles. The van der Waals surface area contributed by atoms with Gasteiger partial charge in [0.15, 0.2) is 4.77 Å². The average Bonchev–Trinajstić information content (AvgIpc) is 2.27. The smallest absolute Gasteiger partial charge is 0.272 e. The standard InChI is InChI=1S/C7H11N3OS/c1-7(3-2-4-7)10-5(11)8-9-6(10)12/h2-4H2,1H3,(H,8,11)(H,9,12). The van der Waals surface area contributed by atoms with Crippen molar-refractivity contribution in [2.45, 2.75) is 31.7 Å². The van der Waals surface area contributed by atoms with Crippen molar-refractivity contribution in [3.05, 3.63) is 15.3 Å². The Balaban J connectivity index is 2.59. The number of H-pyrrole nitrogens is 2. The van der Waals surface area contributed by atoms with E-state index in [0.29, 0.717) is 4.77 Å². The van der Waals surface area contributed by atoms with Crippen LogP contribution < -0.4 is 5.69 Å². The predicted octanol–water partition coefficient (Wildman–Crippen LogP) is 1.13. The molecule has 5 heteroatoms. The molecule has 0 saturated heterocycles. The Hall–Kier alpha value is -0.840. The largest absolute Gasteiger partial charge is 0.342 e. The highest BCUT2D eigenvalue weighted by Gasteiger charge is 2.35. The lowest BCUT2D eigenvalue weighted by Crippen LogP contribution is -2.43. The Bertz CT molecular complexity index is 368. The van der Waals surface area contributed by atoms with Crippen LogP contribution in [0.2, 0.25) is 0 Å². The highest BCUT2D eigenvalue weighted by Crippen LogP contribution is 2.37. The van der Waals surface area contributed by atoms with Crippen LogP contribution in [0.5, 0.6) is 0 Å². The van der Waals surface area contributed by atoms with Crippen molar-refractivity contribution in [3.63, 3.8) is 0 Å². The lowest BCUT2D eigenvalue weighted by atomic mass is 9.78. The fraction of sp³-hybridized carbons (Fsp3) is 0.714. The molecule has 2 rings (SSSR count). The van der Waals surface area contributed by atoms with E-state index in [4.69, 9.17) is 12.2 Å². The zero-order valence-electron chi connectivity index (χ0n) is 6.89. The van der Waals surface area contributed by atoms with Crippen LogP contribution in [0.3, 0.4) is 0 Å². The molecule has 0 unspecified atom stereocenters. The van der Waals surface area contributed by atoms with Crippen molar-refractivity contribution >= 4 is 12.2 Å². The molecule has 1 fully saturated rings. The van der Waals surface area contributed by atoms with Crippen molar-refractivity contribution < 1.29 is 0 Å². The van der Waals surface area contributed by atoms with Crippen LogP contribution >= 0.6 is 12.2 Å². The minimum absolute atomic E-state index is 0.0370. The van der Waals surface area contributed by atoms with Gasteiger partial charge in [-0.15, -0.1) is 0 Å². The van der Waals surface area contributed by atoms with Crippen LogP contribution in [0.1, 0.15) is 26.2 Å². The van der Waals surface area contributed by atoms with Gasteiger partial charge in [-0.1, -0.05) is 0 Å². The molecule has 66 valence electrons.